The zero-order valence-electron chi connectivity index (χ0n) is 12.4. The fourth-order valence-corrected chi connectivity index (χ4v) is 2.00. The number of benzene rings is 1. The molecular formula is C15H18FN3O2. The van der Waals surface area contributed by atoms with Gasteiger partial charge >= 0.3 is 5.97 Å². The Bertz CT molecular complexity index is 652. The molecule has 112 valence electrons. The van der Waals surface area contributed by atoms with Crippen LogP contribution in [0.5, 0.6) is 0 Å². The number of ether oxygens (including phenoxy) is 1. The summed E-state index contributed by atoms with van der Waals surface area (Å²) in [5.41, 5.74) is 1.27. The second kappa shape index (κ2) is 6.47. The summed E-state index contributed by atoms with van der Waals surface area (Å²) in [6.07, 6.45) is 1.60. The van der Waals surface area contributed by atoms with E-state index in [2.05, 4.69) is 14.8 Å². The van der Waals surface area contributed by atoms with Crippen LogP contribution in [-0.4, -0.2) is 27.8 Å². The number of esters is 1. The SMILES string of the molecule is CCCc1nc(-c2ccc(F)c(C)c2)nn1CC(=O)OC. The predicted octanol–water partition coefficient (Wildman–Crippen LogP) is 2.52. The Hall–Kier alpha value is -2.24. The molecule has 0 spiro atoms. The van der Waals surface area contributed by atoms with Gasteiger partial charge in [-0.25, -0.2) is 14.1 Å². The Labute approximate surface area is 122 Å². The molecule has 0 saturated heterocycles. The van der Waals surface area contributed by atoms with E-state index in [1.165, 1.54) is 13.2 Å². The zero-order chi connectivity index (χ0) is 15.4. The number of nitrogens with zero attached hydrogens (tertiary/aromatic N) is 3. The molecule has 1 aromatic carbocycles. The molecule has 5 nitrogen and oxygen atoms in total. The average Bonchev–Trinajstić information content (AvgIpc) is 2.85. The highest BCUT2D eigenvalue weighted by Gasteiger charge is 2.14. The van der Waals surface area contributed by atoms with Gasteiger partial charge < -0.3 is 4.74 Å². The van der Waals surface area contributed by atoms with Gasteiger partial charge in [0.2, 0.25) is 0 Å². The van der Waals surface area contributed by atoms with Crippen molar-refractivity contribution in [3.05, 3.63) is 35.4 Å². The highest BCUT2D eigenvalue weighted by Crippen LogP contribution is 2.19. The maximum atomic E-state index is 13.3. The van der Waals surface area contributed by atoms with Crippen LogP contribution in [-0.2, 0) is 22.5 Å². The van der Waals surface area contributed by atoms with E-state index in [-0.39, 0.29) is 18.3 Å². The van der Waals surface area contributed by atoms with Crippen molar-refractivity contribution in [2.45, 2.75) is 33.2 Å². The molecule has 0 radical (unpaired) electrons. The lowest BCUT2D eigenvalue weighted by molar-refractivity contribution is -0.141. The molecule has 0 bridgehead atoms. The number of carbonyl (C=O) groups is 1. The van der Waals surface area contributed by atoms with E-state index in [1.54, 1.807) is 23.7 Å². The summed E-state index contributed by atoms with van der Waals surface area (Å²) in [6.45, 7) is 3.75. The van der Waals surface area contributed by atoms with Crippen LogP contribution in [0.1, 0.15) is 24.7 Å². The standard InChI is InChI=1S/C15H18FN3O2/c1-4-5-13-17-15(18-19(13)9-14(20)21-3)11-6-7-12(16)10(2)8-11/h6-8H,4-5,9H2,1-3H3. The molecule has 0 aliphatic heterocycles. The lowest BCUT2D eigenvalue weighted by atomic mass is 10.1. The number of halogens is 1. The summed E-state index contributed by atoms with van der Waals surface area (Å²) in [7, 11) is 1.34. The largest absolute Gasteiger partial charge is 0.468 e. The molecule has 1 heterocycles. The summed E-state index contributed by atoms with van der Waals surface area (Å²) in [4.78, 5) is 15.9. The van der Waals surface area contributed by atoms with E-state index < -0.39 is 0 Å². The van der Waals surface area contributed by atoms with Crippen molar-refractivity contribution >= 4 is 5.97 Å². The van der Waals surface area contributed by atoms with E-state index in [0.29, 0.717) is 17.8 Å². The Morgan fingerprint density at radius 2 is 2.19 bits per heavy atom. The molecule has 0 N–H and O–H groups in total. The number of aryl methyl sites for hydroxylation is 2. The minimum atomic E-state index is -0.376. The van der Waals surface area contributed by atoms with Gasteiger partial charge in [-0.05, 0) is 37.1 Å². The van der Waals surface area contributed by atoms with Crippen molar-refractivity contribution in [2.75, 3.05) is 7.11 Å². The van der Waals surface area contributed by atoms with Gasteiger partial charge in [0.25, 0.3) is 0 Å². The summed E-state index contributed by atoms with van der Waals surface area (Å²) in [5.74, 6) is 0.575. The second-order valence-corrected chi connectivity index (χ2v) is 4.80. The first-order chi connectivity index (χ1) is 10.0. The van der Waals surface area contributed by atoms with Crippen LogP contribution >= 0.6 is 0 Å². The molecule has 0 aliphatic carbocycles. The molecule has 2 aromatic rings. The maximum Gasteiger partial charge on any atom is 0.327 e. The summed E-state index contributed by atoms with van der Waals surface area (Å²) >= 11 is 0. The number of rotatable bonds is 5. The fraction of sp³-hybridized carbons (Fsp3) is 0.400. The number of carbonyl (C=O) groups excluding carboxylic acids is 1. The molecule has 0 amide bonds. The number of hydrogen-bond acceptors (Lipinski definition) is 4. The van der Waals surface area contributed by atoms with Crippen molar-refractivity contribution in [2.24, 2.45) is 0 Å². The molecular weight excluding hydrogens is 273 g/mol. The average molecular weight is 291 g/mol. The van der Waals surface area contributed by atoms with Gasteiger partial charge in [-0.3, -0.25) is 4.79 Å². The third-order valence-electron chi connectivity index (χ3n) is 3.14. The molecule has 0 unspecified atom stereocenters. The van der Waals surface area contributed by atoms with Gasteiger partial charge in [-0.2, -0.15) is 5.10 Å². The molecule has 6 heteroatoms. The van der Waals surface area contributed by atoms with Crippen molar-refractivity contribution in [1.29, 1.82) is 0 Å². The van der Waals surface area contributed by atoms with Crippen LogP contribution in [0, 0.1) is 12.7 Å². The van der Waals surface area contributed by atoms with Gasteiger partial charge in [0.05, 0.1) is 7.11 Å². The van der Waals surface area contributed by atoms with Gasteiger partial charge in [0.1, 0.15) is 18.2 Å². The Morgan fingerprint density at radius 3 is 2.81 bits per heavy atom. The summed E-state index contributed by atoms with van der Waals surface area (Å²) in [5, 5.41) is 4.34. The van der Waals surface area contributed by atoms with Crippen LogP contribution in [0.15, 0.2) is 18.2 Å². The Morgan fingerprint density at radius 1 is 1.43 bits per heavy atom. The van der Waals surface area contributed by atoms with Crippen molar-refractivity contribution in [3.63, 3.8) is 0 Å². The van der Waals surface area contributed by atoms with E-state index in [4.69, 9.17) is 0 Å². The van der Waals surface area contributed by atoms with Crippen LogP contribution in [0.2, 0.25) is 0 Å². The highest BCUT2D eigenvalue weighted by molar-refractivity contribution is 5.69. The van der Waals surface area contributed by atoms with Crippen LogP contribution in [0.3, 0.4) is 0 Å². The van der Waals surface area contributed by atoms with E-state index in [9.17, 15) is 9.18 Å². The van der Waals surface area contributed by atoms with E-state index in [1.807, 2.05) is 6.92 Å². The molecule has 0 fully saturated rings. The predicted molar refractivity (Wildman–Crippen MR) is 76.2 cm³/mol. The molecule has 2 rings (SSSR count). The number of methoxy groups -OCH3 is 1. The zero-order valence-corrected chi connectivity index (χ0v) is 12.4. The lowest BCUT2D eigenvalue weighted by Gasteiger charge is -2.02. The fourth-order valence-electron chi connectivity index (χ4n) is 2.00. The van der Waals surface area contributed by atoms with Crippen LogP contribution in [0.4, 0.5) is 4.39 Å². The van der Waals surface area contributed by atoms with Crippen molar-refractivity contribution in [3.8, 4) is 11.4 Å². The van der Waals surface area contributed by atoms with Crippen molar-refractivity contribution in [1.82, 2.24) is 14.8 Å². The first-order valence-electron chi connectivity index (χ1n) is 6.82. The Kier molecular flexibility index (Phi) is 4.67. The third-order valence-corrected chi connectivity index (χ3v) is 3.14. The van der Waals surface area contributed by atoms with Gasteiger partial charge in [0.15, 0.2) is 5.82 Å². The lowest BCUT2D eigenvalue weighted by Crippen LogP contribution is -2.15. The maximum absolute atomic E-state index is 13.3. The van der Waals surface area contributed by atoms with E-state index >= 15 is 0 Å². The van der Waals surface area contributed by atoms with Gasteiger partial charge in [-0.15, -0.1) is 0 Å². The van der Waals surface area contributed by atoms with Gasteiger partial charge in [0, 0.05) is 12.0 Å². The normalized spacial score (nSPS) is 10.7. The summed E-state index contributed by atoms with van der Waals surface area (Å²) < 4.78 is 19.5. The molecule has 21 heavy (non-hydrogen) atoms. The smallest absolute Gasteiger partial charge is 0.327 e. The van der Waals surface area contributed by atoms with E-state index in [0.717, 1.165) is 17.8 Å². The Balaban J connectivity index is 2.37. The van der Waals surface area contributed by atoms with Crippen molar-refractivity contribution < 1.29 is 13.9 Å². The second-order valence-electron chi connectivity index (χ2n) is 4.80. The first kappa shape index (κ1) is 15.2. The molecule has 0 aliphatic rings. The first-order valence-corrected chi connectivity index (χ1v) is 6.82. The van der Waals surface area contributed by atoms with Crippen LogP contribution < -0.4 is 0 Å². The monoisotopic (exact) mass is 291 g/mol. The molecule has 0 saturated carbocycles. The molecule has 0 atom stereocenters. The highest BCUT2D eigenvalue weighted by atomic mass is 19.1. The van der Waals surface area contributed by atoms with Gasteiger partial charge in [-0.1, -0.05) is 6.92 Å². The minimum Gasteiger partial charge on any atom is -0.468 e. The quantitative estimate of drug-likeness (QED) is 0.794. The topological polar surface area (TPSA) is 57.0 Å². The number of aromatic nitrogens is 3. The van der Waals surface area contributed by atoms with Crippen LogP contribution in [0.25, 0.3) is 11.4 Å². The third kappa shape index (κ3) is 3.45. The summed E-state index contributed by atoms with van der Waals surface area (Å²) in [6, 6.07) is 4.73. The number of hydrogen-bond donors (Lipinski definition) is 0. The molecule has 1 aromatic heterocycles. The minimum absolute atomic E-state index is 0.0268.